The Morgan fingerprint density at radius 2 is 1.94 bits per heavy atom. The van der Waals surface area contributed by atoms with Crippen molar-refractivity contribution in [2.24, 2.45) is 0 Å². The first-order valence-electron chi connectivity index (χ1n) is 6.22. The summed E-state index contributed by atoms with van der Waals surface area (Å²) in [6.07, 6.45) is 0. The third-order valence-electron chi connectivity index (χ3n) is 2.51. The van der Waals surface area contributed by atoms with Crippen LogP contribution in [0.5, 0.6) is 5.75 Å². The second-order valence-corrected chi connectivity index (χ2v) is 5.37. The van der Waals surface area contributed by atoms with Crippen LogP contribution in [-0.4, -0.2) is 17.6 Å². The molecule has 0 fully saturated rings. The maximum Gasteiger partial charge on any atom is 0.131 e. The normalized spacial score (nSPS) is 11.8. The zero-order chi connectivity index (χ0) is 13.2. The Hall–Kier alpha value is -1.61. The number of fused-ring (bicyclic) bond motifs is 1. The standard InChI is InChI=1S/C15H20N2O/c1-15(2,3)18-14-9-11(10-16-4)17-13-8-6-5-7-12(13)14/h5-9,16H,10H2,1-4H3. The van der Waals surface area contributed by atoms with E-state index in [1.807, 2.05) is 37.4 Å². The van der Waals surface area contributed by atoms with Crippen molar-refractivity contribution in [2.75, 3.05) is 7.05 Å². The summed E-state index contributed by atoms with van der Waals surface area (Å²) in [5, 5.41) is 4.18. The van der Waals surface area contributed by atoms with E-state index in [1.165, 1.54) is 0 Å². The Bertz CT molecular complexity index is 544. The molecule has 18 heavy (non-hydrogen) atoms. The molecule has 0 spiro atoms. The molecule has 96 valence electrons. The van der Waals surface area contributed by atoms with Crippen LogP contribution in [0.25, 0.3) is 10.9 Å². The smallest absolute Gasteiger partial charge is 0.131 e. The summed E-state index contributed by atoms with van der Waals surface area (Å²) in [6, 6.07) is 10.1. The van der Waals surface area contributed by atoms with Crippen LogP contribution in [0.1, 0.15) is 26.5 Å². The molecule has 0 unspecified atom stereocenters. The predicted molar refractivity (Wildman–Crippen MR) is 74.9 cm³/mol. The highest BCUT2D eigenvalue weighted by molar-refractivity contribution is 5.85. The molecule has 0 saturated heterocycles. The van der Waals surface area contributed by atoms with Gasteiger partial charge in [0.25, 0.3) is 0 Å². The zero-order valence-corrected chi connectivity index (χ0v) is 11.4. The van der Waals surface area contributed by atoms with Crippen molar-refractivity contribution < 1.29 is 4.74 Å². The number of ether oxygens (including phenoxy) is 1. The molecule has 0 radical (unpaired) electrons. The van der Waals surface area contributed by atoms with Crippen LogP contribution in [0.3, 0.4) is 0 Å². The van der Waals surface area contributed by atoms with Crippen molar-refractivity contribution in [2.45, 2.75) is 32.9 Å². The predicted octanol–water partition coefficient (Wildman–Crippen LogP) is 3.13. The third kappa shape index (κ3) is 2.99. The molecule has 0 amide bonds. The van der Waals surface area contributed by atoms with Gasteiger partial charge in [-0.05, 0) is 40.0 Å². The van der Waals surface area contributed by atoms with Crippen LogP contribution >= 0.6 is 0 Å². The van der Waals surface area contributed by atoms with Crippen molar-refractivity contribution in [1.29, 1.82) is 0 Å². The molecule has 0 bridgehead atoms. The Kier molecular flexibility index (Phi) is 3.53. The summed E-state index contributed by atoms with van der Waals surface area (Å²) < 4.78 is 6.03. The molecule has 0 aliphatic heterocycles. The Morgan fingerprint density at radius 1 is 1.22 bits per heavy atom. The van der Waals surface area contributed by atoms with Crippen LogP contribution in [0.4, 0.5) is 0 Å². The minimum absolute atomic E-state index is 0.207. The topological polar surface area (TPSA) is 34.1 Å². The van der Waals surface area contributed by atoms with Crippen molar-refractivity contribution >= 4 is 10.9 Å². The molecule has 1 heterocycles. The van der Waals surface area contributed by atoms with E-state index in [4.69, 9.17) is 4.74 Å². The van der Waals surface area contributed by atoms with E-state index in [1.54, 1.807) is 0 Å². The van der Waals surface area contributed by atoms with Crippen LogP contribution in [0.15, 0.2) is 30.3 Å². The fourth-order valence-electron chi connectivity index (χ4n) is 1.88. The highest BCUT2D eigenvalue weighted by Crippen LogP contribution is 2.28. The molecule has 2 aromatic rings. The number of hydrogen-bond acceptors (Lipinski definition) is 3. The van der Waals surface area contributed by atoms with E-state index < -0.39 is 0 Å². The zero-order valence-electron chi connectivity index (χ0n) is 11.4. The van der Waals surface area contributed by atoms with E-state index >= 15 is 0 Å². The maximum absolute atomic E-state index is 6.03. The summed E-state index contributed by atoms with van der Waals surface area (Å²) >= 11 is 0. The molecule has 0 aliphatic rings. The molecule has 3 heteroatoms. The molecule has 2 rings (SSSR count). The van der Waals surface area contributed by atoms with Crippen molar-refractivity contribution in [3.05, 3.63) is 36.0 Å². The number of aromatic nitrogens is 1. The van der Waals surface area contributed by atoms with E-state index in [0.29, 0.717) is 0 Å². The average molecular weight is 244 g/mol. The second-order valence-electron chi connectivity index (χ2n) is 5.37. The van der Waals surface area contributed by atoms with Gasteiger partial charge in [-0.3, -0.25) is 4.98 Å². The van der Waals surface area contributed by atoms with Gasteiger partial charge in [0, 0.05) is 18.0 Å². The first-order chi connectivity index (χ1) is 8.49. The highest BCUT2D eigenvalue weighted by Gasteiger charge is 2.15. The molecule has 0 atom stereocenters. The number of rotatable bonds is 3. The van der Waals surface area contributed by atoms with E-state index in [2.05, 4.69) is 31.1 Å². The lowest BCUT2D eigenvalue weighted by Crippen LogP contribution is -2.23. The SMILES string of the molecule is CNCc1cc(OC(C)(C)C)c2ccccc2n1. The first-order valence-corrected chi connectivity index (χ1v) is 6.22. The van der Waals surface area contributed by atoms with Crippen molar-refractivity contribution in [3.63, 3.8) is 0 Å². The van der Waals surface area contributed by atoms with E-state index in [9.17, 15) is 0 Å². The number of benzene rings is 1. The van der Waals surface area contributed by atoms with Gasteiger partial charge in [0.15, 0.2) is 0 Å². The number of nitrogens with one attached hydrogen (secondary N) is 1. The maximum atomic E-state index is 6.03. The van der Waals surface area contributed by atoms with E-state index in [0.717, 1.165) is 28.9 Å². The summed E-state index contributed by atoms with van der Waals surface area (Å²) in [5.41, 5.74) is 1.76. The average Bonchev–Trinajstić information content (AvgIpc) is 2.27. The van der Waals surface area contributed by atoms with Gasteiger partial charge in [-0.1, -0.05) is 12.1 Å². The van der Waals surface area contributed by atoms with Gasteiger partial charge in [-0.15, -0.1) is 0 Å². The van der Waals surface area contributed by atoms with Gasteiger partial charge in [0.05, 0.1) is 11.2 Å². The minimum Gasteiger partial charge on any atom is -0.487 e. The van der Waals surface area contributed by atoms with Crippen LogP contribution in [0, 0.1) is 0 Å². The molecule has 1 N–H and O–H groups in total. The Balaban J connectivity index is 2.53. The van der Waals surface area contributed by atoms with Gasteiger partial charge >= 0.3 is 0 Å². The third-order valence-corrected chi connectivity index (χ3v) is 2.51. The number of nitrogens with zero attached hydrogens (tertiary/aromatic N) is 1. The van der Waals surface area contributed by atoms with Gasteiger partial charge in [0.1, 0.15) is 11.4 Å². The summed E-state index contributed by atoms with van der Waals surface area (Å²) in [6.45, 7) is 6.91. The molecule has 3 nitrogen and oxygen atoms in total. The molecular weight excluding hydrogens is 224 g/mol. The number of hydrogen-bond donors (Lipinski definition) is 1. The second kappa shape index (κ2) is 4.94. The van der Waals surface area contributed by atoms with Crippen LogP contribution in [0.2, 0.25) is 0 Å². The summed E-state index contributed by atoms with van der Waals surface area (Å²) in [7, 11) is 1.92. The lowest BCUT2D eigenvalue weighted by molar-refractivity contribution is 0.133. The monoisotopic (exact) mass is 244 g/mol. The first kappa shape index (κ1) is 12.8. The van der Waals surface area contributed by atoms with E-state index in [-0.39, 0.29) is 5.60 Å². The highest BCUT2D eigenvalue weighted by atomic mass is 16.5. The quantitative estimate of drug-likeness (QED) is 0.900. The largest absolute Gasteiger partial charge is 0.487 e. The van der Waals surface area contributed by atoms with Crippen LogP contribution < -0.4 is 10.1 Å². The Labute approximate surface area is 108 Å². The van der Waals surface area contributed by atoms with Gasteiger partial charge in [-0.25, -0.2) is 0 Å². The molecular formula is C15H20N2O. The lowest BCUT2D eigenvalue weighted by atomic mass is 10.1. The summed E-state index contributed by atoms with van der Waals surface area (Å²) in [5.74, 6) is 0.901. The van der Waals surface area contributed by atoms with Gasteiger partial charge < -0.3 is 10.1 Å². The Morgan fingerprint density at radius 3 is 2.61 bits per heavy atom. The van der Waals surface area contributed by atoms with Gasteiger partial charge in [-0.2, -0.15) is 0 Å². The lowest BCUT2D eigenvalue weighted by Gasteiger charge is -2.22. The summed E-state index contributed by atoms with van der Waals surface area (Å²) in [4.78, 5) is 4.61. The molecule has 1 aromatic carbocycles. The fraction of sp³-hybridized carbons (Fsp3) is 0.400. The minimum atomic E-state index is -0.207. The number of pyridine rings is 1. The van der Waals surface area contributed by atoms with Crippen LogP contribution in [-0.2, 0) is 6.54 Å². The molecule has 0 aliphatic carbocycles. The molecule has 1 aromatic heterocycles. The fourth-order valence-corrected chi connectivity index (χ4v) is 1.88. The van der Waals surface area contributed by atoms with Gasteiger partial charge in [0.2, 0.25) is 0 Å². The molecule has 0 saturated carbocycles. The number of para-hydroxylation sites is 1. The van der Waals surface area contributed by atoms with Crippen molar-refractivity contribution in [3.8, 4) is 5.75 Å². The van der Waals surface area contributed by atoms with Crippen molar-refractivity contribution in [1.82, 2.24) is 10.3 Å².